The number of carbonyl (C=O) groups excluding carboxylic acids is 2. The van der Waals surface area contributed by atoms with E-state index in [4.69, 9.17) is 9.47 Å². The largest absolute Gasteiger partial charge is 0.497 e. The number of hydrogen-bond donors (Lipinski definition) is 2. The molecular weight excluding hydrogens is 413 g/mol. The van der Waals surface area contributed by atoms with Crippen LogP contribution in [0.3, 0.4) is 0 Å². The third-order valence-corrected chi connectivity index (χ3v) is 4.87. The molecule has 162 valence electrons. The van der Waals surface area contributed by atoms with Crippen molar-refractivity contribution in [3.05, 3.63) is 78.1 Å². The number of methoxy groups -OCH3 is 1. The van der Waals surface area contributed by atoms with Crippen LogP contribution in [0.4, 0.5) is 10.1 Å². The number of nitrogens with zero attached hydrogens (tertiary/aromatic N) is 1. The van der Waals surface area contributed by atoms with Gasteiger partial charge in [0.1, 0.15) is 17.4 Å². The molecule has 0 aliphatic rings. The number of fused-ring (bicyclic) bond motifs is 1. The van der Waals surface area contributed by atoms with Crippen LogP contribution in [0, 0.1) is 5.82 Å². The fourth-order valence-corrected chi connectivity index (χ4v) is 3.10. The molecule has 1 amide bonds. The molecule has 0 aliphatic heterocycles. The first-order valence-corrected chi connectivity index (χ1v) is 9.85. The molecule has 4 aromatic rings. The Kier molecular flexibility index (Phi) is 5.85. The first-order chi connectivity index (χ1) is 15.4. The smallest absolute Gasteiger partial charge is 0.338 e. The molecule has 1 aromatic heterocycles. The topological polar surface area (TPSA) is 93.3 Å². The molecular formula is C24H20FN3O4. The second kappa shape index (κ2) is 8.89. The molecule has 0 saturated carbocycles. The summed E-state index contributed by atoms with van der Waals surface area (Å²) < 4.78 is 24.1. The van der Waals surface area contributed by atoms with Crippen molar-refractivity contribution in [1.29, 1.82) is 0 Å². The number of rotatable bonds is 6. The van der Waals surface area contributed by atoms with Gasteiger partial charge in [0, 0.05) is 5.56 Å². The highest BCUT2D eigenvalue weighted by molar-refractivity contribution is 5.98. The van der Waals surface area contributed by atoms with Crippen LogP contribution in [0.1, 0.15) is 17.3 Å². The lowest BCUT2D eigenvalue weighted by atomic mass is 10.2. The molecule has 0 aliphatic carbocycles. The molecule has 3 aromatic carbocycles. The molecule has 2 N–H and O–H groups in total. The van der Waals surface area contributed by atoms with E-state index < -0.39 is 23.8 Å². The Morgan fingerprint density at radius 3 is 2.53 bits per heavy atom. The maximum absolute atomic E-state index is 13.7. The molecule has 0 saturated heterocycles. The highest BCUT2D eigenvalue weighted by atomic mass is 19.1. The number of ether oxygens (including phenoxy) is 2. The van der Waals surface area contributed by atoms with Gasteiger partial charge in [0.2, 0.25) is 0 Å². The lowest BCUT2D eigenvalue weighted by Crippen LogP contribution is -2.30. The minimum absolute atomic E-state index is 0.0188. The van der Waals surface area contributed by atoms with Gasteiger partial charge < -0.3 is 19.8 Å². The zero-order chi connectivity index (χ0) is 22.7. The van der Waals surface area contributed by atoms with Crippen molar-refractivity contribution in [2.24, 2.45) is 0 Å². The lowest BCUT2D eigenvalue weighted by Gasteiger charge is -2.14. The zero-order valence-electron chi connectivity index (χ0n) is 17.4. The number of halogens is 1. The fourth-order valence-electron chi connectivity index (χ4n) is 3.10. The van der Waals surface area contributed by atoms with E-state index in [9.17, 15) is 14.0 Å². The summed E-state index contributed by atoms with van der Waals surface area (Å²) in [7, 11) is 1.60. The van der Waals surface area contributed by atoms with Gasteiger partial charge in [-0.1, -0.05) is 12.1 Å². The van der Waals surface area contributed by atoms with Crippen LogP contribution in [-0.4, -0.2) is 35.1 Å². The fraction of sp³-hybridized carbons (Fsp3) is 0.125. The minimum Gasteiger partial charge on any atom is -0.497 e. The number of anilines is 1. The summed E-state index contributed by atoms with van der Waals surface area (Å²) in [5.41, 5.74) is 2.47. The molecule has 32 heavy (non-hydrogen) atoms. The van der Waals surface area contributed by atoms with Gasteiger partial charge in [-0.15, -0.1) is 0 Å². The number of aromatic nitrogens is 2. The minimum atomic E-state index is -1.12. The Morgan fingerprint density at radius 1 is 1.06 bits per heavy atom. The van der Waals surface area contributed by atoms with E-state index in [0.29, 0.717) is 16.9 Å². The summed E-state index contributed by atoms with van der Waals surface area (Å²) in [5, 5.41) is 2.41. The first-order valence-electron chi connectivity index (χ1n) is 9.85. The predicted molar refractivity (Wildman–Crippen MR) is 118 cm³/mol. The summed E-state index contributed by atoms with van der Waals surface area (Å²) in [6, 6.07) is 18.1. The average molecular weight is 433 g/mol. The van der Waals surface area contributed by atoms with E-state index in [1.807, 2.05) is 24.3 Å². The number of benzene rings is 3. The Labute approximate surface area is 183 Å². The summed E-state index contributed by atoms with van der Waals surface area (Å²) in [5.74, 6) is -0.498. The van der Waals surface area contributed by atoms with Crippen molar-refractivity contribution in [3.8, 4) is 17.1 Å². The monoisotopic (exact) mass is 433 g/mol. The summed E-state index contributed by atoms with van der Waals surface area (Å²) in [6.07, 6.45) is -1.12. The van der Waals surface area contributed by atoms with Crippen LogP contribution in [0.25, 0.3) is 22.4 Å². The number of nitrogens with one attached hydrogen (secondary N) is 2. The highest BCUT2D eigenvalue weighted by Crippen LogP contribution is 2.24. The maximum atomic E-state index is 13.7. The normalized spacial score (nSPS) is 11.7. The van der Waals surface area contributed by atoms with Crippen molar-refractivity contribution < 1.29 is 23.5 Å². The van der Waals surface area contributed by atoms with E-state index in [-0.39, 0.29) is 11.3 Å². The van der Waals surface area contributed by atoms with Gasteiger partial charge in [-0.25, -0.2) is 14.2 Å². The van der Waals surface area contributed by atoms with E-state index in [1.54, 1.807) is 31.4 Å². The number of hydrogen-bond acceptors (Lipinski definition) is 5. The van der Waals surface area contributed by atoms with E-state index in [0.717, 1.165) is 11.3 Å². The average Bonchev–Trinajstić information content (AvgIpc) is 3.24. The number of para-hydroxylation sites is 1. The number of amides is 1. The number of imidazole rings is 1. The molecule has 0 spiro atoms. The lowest BCUT2D eigenvalue weighted by molar-refractivity contribution is -0.123. The number of H-pyrrole nitrogens is 1. The molecule has 8 heteroatoms. The van der Waals surface area contributed by atoms with Crippen molar-refractivity contribution in [3.63, 3.8) is 0 Å². The molecule has 0 fully saturated rings. The van der Waals surface area contributed by atoms with Gasteiger partial charge in [-0.3, -0.25) is 4.79 Å². The van der Waals surface area contributed by atoms with Gasteiger partial charge in [-0.05, 0) is 61.5 Å². The van der Waals surface area contributed by atoms with Gasteiger partial charge in [-0.2, -0.15) is 0 Å². The molecule has 0 radical (unpaired) electrons. The second-order valence-corrected chi connectivity index (χ2v) is 7.06. The van der Waals surface area contributed by atoms with Crippen LogP contribution in [0.2, 0.25) is 0 Å². The third kappa shape index (κ3) is 4.44. The van der Waals surface area contributed by atoms with Crippen LogP contribution in [0.15, 0.2) is 66.7 Å². The molecule has 1 heterocycles. The zero-order valence-corrected chi connectivity index (χ0v) is 17.4. The molecule has 4 rings (SSSR count). The van der Waals surface area contributed by atoms with Crippen molar-refractivity contribution in [2.75, 3.05) is 12.4 Å². The van der Waals surface area contributed by atoms with Crippen molar-refractivity contribution in [1.82, 2.24) is 9.97 Å². The Morgan fingerprint density at radius 2 is 1.81 bits per heavy atom. The van der Waals surface area contributed by atoms with E-state index in [2.05, 4.69) is 15.3 Å². The predicted octanol–water partition coefficient (Wildman–Crippen LogP) is 4.56. The van der Waals surface area contributed by atoms with Crippen LogP contribution in [-0.2, 0) is 9.53 Å². The summed E-state index contributed by atoms with van der Waals surface area (Å²) in [6.45, 7) is 1.42. The highest BCUT2D eigenvalue weighted by Gasteiger charge is 2.20. The SMILES string of the molecule is COc1ccc(-c2nc3ccc(C(=O)OC(C)C(=O)Nc4ccccc4F)cc3[nH]2)cc1. The number of aromatic amines is 1. The van der Waals surface area contributed by atoms with E-state index in [1.165, 1.54) is 25.1 Å². The molecule has 1 unspecified atom stereocenters. The second-order valence-electron chi connectivity index (χ2n) is 7.06. The van der Waals surface area contributed by atoms with Crippen LogP contribution in [0.5, 0.6) is 5.75 Å². The number of esters is 1. The first kappa shape index (κ1) is 21.0. The molecule has 1 atom stereocenters. The summed E-state index contributed by atoms with van der Waals surface area (Å²) in [4.78, 5) is 32.5. The quantitative estimate of drug-likeness (QED) is 0.435. The van der Waals surface area contributed by atoms with Crippen LogP contribution >= 0.6 is 0 Å². The summed E-state index contributed by atoms with van der Waals surface area (Å²) >= 11 is 0. The number of carbonyl (C=O) groups is 2. The maximum Gasteiger partial charge on any atom is 0.338 e. The van der Waals surface area contributed by atoms with Gasteiger partial charge in [0.15, 0.2) is 6.10 Å². The Balaban J connectivity index is 1.47. The van der Waals surface area contributed by atoms with Gasteiger partial charge in [0.05, 0.1) is 29.4 Å². The third-order valence-electron chi connectivity index (χ3n) is 4.87. The van der Waals surface area contributed by atoms with Gasteiger partial charge in [0.25, 0.3) is 5.91 Å². The van der Waals surface area contributed by atoms with Crippen molar-refractivity contribution >= 4 is 28.6 Å². The molecule has 0 bridgehead atoms. The Hall–Kier alpha value is -4.20. The Bertz CT molecular complexity index is 1280. The van der Waals surface area contributed by atoms with Gasteiger partial charge >= 0.3 is 5.97 Å². The molecule has 7 nitrogen and oxygen atoms in total. The van der Waals surface area contributed by atoms with E-state index >= 15 is 0 Å². The standard InChI is InChI=1S/C24H20FN3O4/c1-14(23(29)28-19-6-4-3-5-18(19)25)32-24(30)16-9-12-20-21(13-16)27-22(26-20)15-7-10-17(31-2)11-8-15/h3-14H,1-2H3,(H,26,27)(H,28,29). The van der Waals surface area contributed by atoms with Crippen molar-refractivity contribution in [2.45, 2.75) is 13.0 Å². The van der Waals surface area contributed by atoms with Crippen LogP contribution < -0.4 is 10.1 Å².